The van der Waals surface area contributed by atoms with Crippen LogP contribution in [0.4, 0.5) is 0 Å². The number of morpholine rings is 1. The Hall–Kier alpha value is 0.230. The van der Waals surface area contributed by atoms with E-state index in [1.54, 1.807) is 0 Å². The molecule has 0 aromatic heterocycles. The van der Waals surface area contributed by atoms with E-state index in [9.17, 15) is 0 Å². The van der Waals surface area contributed by atoms with Crippen molar-refractivity contribution < 1.29 is 4.74 Å². The largest absolute Gasteiger partial charge is 0.374 e. The maximum atomic E-state index is 5.64. The van der Waals surface area contributed by atoms with Crippen LogP contribution in [-0.4, -0.2) is 54.3 Å². The lowest BCUT2D eigenvalue weighted by atomic mass is 10.1. The molecule has 2 aliphatic heterocycles. The highest BCUT2D eigenvalue weighted by atomic mass is 32.2. The third-order valence-corrected chi connectivity index (χ3v) is 4.55. The van der Waals surface area contributed by atoms with E-state index >= 15 is 0 Å². The number of rotatable bonds is 2. The second-order valence-electron chi connectivity index (χ2n) is 4.16. The minimum Gasteiger partial charge on any atom is -0.374 e. The first-order chi connectivity index (χ1) is 6.81. The van der Waals surface area contributed by atoms with Gasteiger partial charge in [0, 0.05) is 30.9 Å². The molecule has 0 spiro atoms. The van der Waals surface area contributed by atoms with Crippen molar-refractivity contribution in [2.75, 3.05) is 32.0 Å². The smallest absolute Gasteiger partial charge is 0.0824 e. The van der Waals surface area contributed by atoms with Gasteiger partial charge in [-0.25, -0.2) is 0 Å². The zero-order valence-corrected chi connectivity index (χ0v) is 9.63. The Kier molecular flexibility index (Phi) is 3.71. The van der Waals surface area contributed by atoms with Gasteiger partial charge >= 0.3 is 0 Å². The van der Waals surface area contributed by atoms with E-state index in [-0.39, 0.29) is 6.10 Å². The fourth-order valence-electron chi connectivity index (χ4n) is 2.39. The molecule has 2 rings (SSSR count). The van der Waals surface area contributed by atoms with Crippen molar-refractivity contribution in [2.45, 2.75) is 30.7 Å². The SMILES string of the molecule is CC1SCCC1N1CCOC(CN)C1. The Labute approximate surface area is 90.3 Å². The molecular formula is C10H20N2OS. The summed E-state index contributed by atoms with van der Waals surface area (Å²) < 4.78 is 5.58. The Morgan fingerprint density at radius 2 is 2.43 bits per heavy atom. The number of nitrogens with zero attached hydrogens (tertiary/aromatic N) is 1. The van der Waals surface area contributed by atoms with E-state index in [1.807, 2.05) is 0 Å². The number of hydrogen-bond donors (Lipinski definition) is 1. The molecule has 2 aliphatic rings. The van der Waals surface area contributed by atoms with Gasteiger partial charge in [0.1, 0.15) is 0 Å². The summed E-state index contributed by atoms with van der Waals surface area (Å²) in [6.45, 7) is 5.98. The molecule has 2 N–H and O–H groups in total. The highest BCUT2D eigenvalue weighted by Crippen LogP contribution is 2.30. The van der Waals surface area contributed by atoms with Crippen LogP contribution in [0.25, 0.3) is 0 Å². The van der Waals surface area contributed by atoms with Crippen molar-refractivity contribution in [3.05, 3.63) is 0 Å². The molecule has 14 heavy (non-hydrogen) atoms. The Morgan fingerprint density at radius 3 is 3.07 bits per heavy atom. The summed E-state index contributed by atoms with van der Waals surface area (Å²) in [6.07, 6.45) is 1.60. The van der Waals surface area contributed by atoms with E-state index < -0.39 is 0 Å². The number of nitrogens with two attached hydrogens (primary N) is 1. The third kappa shape index (κ3) is 2.24. The van der Waals surface area contributed by atoms with Crippen LogP contribution in [0.1, 0.15) is 13.3 Å². The van der Waals surface area contributed by atoms with Gasteiger partial charge in [0.25, 0.3) is 0 Å². The van der Waals surface area contributed by atoms with E-state index in [4.69, 9.17) is 10.5 Å². The van der Waals surface area contributed by atoms with Crippen molar-refractivity contribution in [3.8, 4) is 0 Å². The monoisotopic (exact) mass is 216 g/mol. The topological polar surface area (TPSA) is 38.5 Å². The van der Waals surface area contributed by atoms with Crippen LogP contribution in [0, 0.1) is 0 Å². The van der Waals surface area contributed by atoms with Gasteiger partial charge in [-0.1, -0.05) is 6.92 Å². The summed E-state index contributed by atoms with van der Waals surface area (Å²) in [6, 6.07) is 0.762. The normalized spacial score (nSPS) is 40.3. The van der Waals surface area contributed by atoms with Crippen LogP contribution in [0.15, 0.2) is 0 Å². The van der Waals surface area contributed by atoms with Gasteiger partial charge in [-0.3, -0.25) is 4.90 Å². The van der Waals surface area contributed by atoms with Crippen LogP contribution in [0.3, 0.4) is 0 Å². The molecule has 0 bridgehead atoms. The molecule has 0 saturated carbocycles. The lowest BCUT2D eigenvalue weighted by Crippen LogP contribution is -2.51. The molecule has 3 nitrogen and oxygen atoms in total. The van der Waals surface area contributed by atoms with Crippen molar-refractivity contribution in [1.29, 1.82) is 0 Å². The summed E-state index contributed by atoms with van der Waals surface area (Å²) in [5, 5.41) is 0.784. The zero-order valence-electron chi connectivity index (χ0n) is 8.82. The fourth-order valence-corrected chi connectivity index (χ4v) is 3.67. The molecule has 82 valence electrons. The highest BCUT2D eigenvalue weighted by molar-refractivity contribution is 8.00. The molecule has 0 radical (unpaired) electrons. The van der Waals surface area contributed by atoms with Gasteiger partial charge < -0.3 is 10.5 Å². The number of thioether (sulfide) groups is 1. The second kappa shape index (κ2) is 4.84. The molecule has 3 unspecified atom stereocenters. The molecule has 0 amide bonds. The summed E-state index contributed by atoms with van der Waals surface area (Å²) >= 11 is 2.09. The molecule has 0 aromatic rings. The maximum absolute atomic E-state index is 5.64. The second-order valence-corrected chi connectivity index (χ2v) is 5.64. The fraction of sp³-hybridized carbons (Fsp3) is 1.00. The Bertz CT molecular complexity index is 191. The van der Waals surface area contributed by atoms with E-state index in [1.165, 1.54) is 12.2 Å². The molecule has 2 heterocycles. The first-order valence-electron chi connectivity index (χ1n) is 5.48. The van der Waals surface area contributed by atoms with Crippen LogP contribution in [0.5, 0.6) is 0 Å². The molecule has 2 fully saturated rings. The summed E-state index contributed by atoms with van der Waals surface area (Å²) in [7, 11) is 0. The molecule has 3 atom stereocenters. The highest BCUT2D eigenvalue weighted by Gasteiger charge is 2.32. The lowest BCUT2D eigenvalue weighted by molar-refractivity contribution is -0.0375. The molecule has 4 heteroatoms. The molecule has 2 saturated heterocycles. The van der Waals surface area contributed by atoms with E-state index in [0.29, 0.717) is 6.54 Å². The summed E-state index contributed by atoms with van der Waals surface area (Å²) in [5.74, 6) is 1.32. The number of ether oxygens (including phenoxy) is 1. The van der Waals surface area contributed by atoms with Crippen LogP contribution >= 0.6 is 11.8 Å². The van der Waals surface area contributed by atoms with Crippen molar-refractivity contribution in [2.24, 2.45) is 5.73 Å². The van der Waals surface area contributed by atoms with Crippen LogP contribution in [-0.2, 0) is 4.74 Å². The first kappa shape index (κ1) is 10.7. The van der Waals surface area contributed by atoms with Crippen LogP contribution < -0.4 is 5.73 Å². The standard InChI is InChI=1S/C10H20N2OS/c1-8-10(2-5-14-8)12-3-4-13-9(6-11)7-12/h8-10H,2-7,11H2,1H3. The lowest BCUT2D eigenvalue weighted by Gasteiger charge is -2.37. The molecule has 0 aromatic carbocycles. The number of hydrogen-bond acceptors (Lipinski definition) is 4. The van der Waals surface area contributed by atoms with Gasteiger partial charge in [0.2, 0.25) is 0 Å². The minimum atomic E-state index is 0.265. The maximum Gasteiger partial charge on any atom is 0.0824 e. The van der Waals surface area contributed by atoms with Gasteiger partial charge in [-0.15, -0.1) is 0 Å². The van der Waals surface area contributed by atoms with E-state index in [0.717, 1.165) is 31.0 Å². The Balaban J connectivity index is 1.90. The van der Waals surface area contributed by atoms with Gasteiger partial charge in [0.15, 0.2) is 0 Å². The van der Waals surface area contributed by atoms with Crippen molar-refractivity contribution in [3.63, 3.8) is 0 Å². The molecular weight excluding hydrogens is 196 g/mol. The van der Waals surface area contributed by atoms with Gasteiger partial charge in [0.05, 0.1) is 12.7 Å². The average molecular weight is 216 g/mol. The summed E-state index contributed by atoms with van der Waals surface area (Å²) in [4.78, 5) is 2.58. The van der Waals surface area contributed by atoms with E-state index in [2.05, 4.69) is 23.6 Å². The molecule has 0 aliphatic carbocycles. The predicted molar refractivity (Wildman–Crippen MR) is 60.7 cm³/mol. The minimum absolute atomic E-state index is 0.265. The van der Waals surface area contributed by atoms with Gasteiger partial charge in [-0.2, -0.15) is 11.8 Å². The van der Waals surface area contributed by atoms with Gasteiger partial charge in [-0.05, 0) is 12.2 Å². The average Bonchev–Trinajstić information content (AvgIpc) is 2.65. The third-order valence-electron chi connectivity index (χ3n) is 3.24. The predicted octanol–water partition coefficient (Wildman–Crippen LogP) is 0.540. The van der Waals surface area contributed by atoms with Crippen LogP contribution in [0.2, 0.25) is 0 Å². The summed E-state index contributed by atoms with van der Waals surface area (Å²) in [5.41, 5.74) is 5.64. The quantitative estimate of drug-likeness (QED) is 0.731. The zero-order chi connectivity index (χ0) is 9.97. The first-order valence-corrected chi connectivity index (χ1v) is 6.53. The van der Waals surface area contributed by atoms with Crippen molar-refractivity contribution >= 4 is 11.8 Å². The Morgan fingerprint density at radius 1 is 1.57 bits per heavy atom. The van der Waals surface area contributed by atoms with Crippen molar-refractivity contribution in [1.82, 2.24) is 4.90 Å².